The van der Waals surface area contributed by atoms with E-state index in [2.05, 4.69) is 5.32 Å². The van der Waals surface area contributed by atoms with E-state index in [-0.39, 0.29) is 13.0 Å². The van der Waals surface area contributed by atoms with Crippen LogP contribution in [0.5, 0.6) is 5.75 Å². The largest absolute Gasteiger partial charge is 0.496 e. The lowest BCUT2D eigenvalue weighted by Crippen LogP contribution is -2.32. The standard InChI is InChI=1S/C30H30N2O6/c1-19(15-17-25(33)34)14-16-23-27(26-24(18-38-29(26)35)20(2)28(23)37-3)31-30(36)32(21-10-6-4-7-11-21)22-12-8-5-9-13-22/h4-14H,15-18H2,1-3H3,(H,31,36)(H,33,34)/b19-14+. The van der Waals surface area contributed by atoms with Crippen molar-refractivity contribution in [3.8, 4) is 5.75 Å². The molecule has 0 unspecified atom stereocenters. The predicted molar refractivity (Wildman–Crippen MR) is 145 cm³/mol. The van der Waals surface area contributed by atoms with Crippen molar-refractivity contribution in [2.24, 2.45) is 0 Å². The van der Waals surface area contributed by atoms with Crippen molar-refractivity contribution in [1.82, 2.24) is 0 Å². The zero-order valence-electron chi connectivity index (χ0n) is 21.6. The Morgan fingerprint density at radius 3 is 2.21 bits per heavy atom. The number of para-hydroxylation sites is 2. The molecule has 1 heterocycles. The van der Waals surface area contributed by atoms with E-state index in [1.54, 1.807) is 7.11 Å². The third-order valence-corrected chi connectivity index (χ3v) is 6.53. The van der Waals surface area contributed by atoms with Gasteiger partial charge in [0.25, 0.3) is 0 Å². The van der Waals surface area contributed by atoms with Gasteiger partial charge in [-0.3, -0.25) is 9.69 Å². The second-order valence-corrected chi connectivity index (χ2v) is 9.03. The van der Waals surface area contributed by atoms with Gasteiger partial charge in [-0.15, -0.1) is 0 Å². The van der Waals surface area contributed by atoms with Crippen LogP contribution in [0, 0.1) is 6.92 Å². The Morgan fingerprint density at radius 2 is 1.66 bits per heavy atom. The van der Waals surface area contributed by atoms with Gasteiger partial charge in [0.2, 0.25) is 0 Å². The van der Waals surface area contributed by atoms with Crippen molar-refractivity contribution in [2.45, 2.75) is 39.7 Å². The van der Waals surface area contributed by atoms with Gasteiger partial charge in [0, 0.05) is 17.5 Å². The van der Waals surface area contributed by atoms with Crippen LogP contribution in [0.4, 0.5) is 21.9 Å². The molecule has 0 spiro atoms. The highest BCUT2D eigenvalue weighted by Gasteiger charge is 2.33. The molecule has 4 rings (SSSR count). The van der Waals surface area contributed by atoms with E-state index in [0.717, 1.165) is 11.1 Å². The number of amides is 2. The fraction of sp³-hybridized carbons (Fsp3) is 0.233. The molecule has 1 aliphatic rings. The molecule has 8 nitrogen and oxygen atoms in total. The number of cyclic esters (lactones) is 1. The molecule has 38 heavy (non-hydrogen) atoms. The molecule has 0 bridgehead atoms. The van der Waals surface area contributed by atoms with Crippen LogP contribution in [0.1, 0.15) is 46.8 Å². The number of carbonyl (C=O) groups is 3. The van der Waals surface area contributed by atoms with Crippen molar-refractivity contribution >= 4 is 35.0 Å². The Kier molecular flexibility index (Phi) is 8.11. The maximum atomic E-state index is 13.9. The molecular formula is C30H30N2O6. The number of fused-ring (bicyclic) bond motifs is 1. The van der Waals surface area contributed by atoms with Crippen LogP contribution in [-0.2, 0) is 22.6 Å². The maximum Gasteiger partial charge on any atom is 0.341 e. The van der Waals surface area contributed by atoms with Gasteiger partial charge in [-0.25, -0.2) is 9.59 Å². The zero-order valence-corrected chi connectivity index (χ0v) is 21.6. The average molecular weight is 515 g/mol. The summed E-state index contributed by atoms with van der Waals surface area (Å²) >= 11 is 0. The molecular weight excluding hydrogens is 484 g/mol. The van der Waals surface area contributed by atoms with Crippen molar-refractivity contribution in [3.05, 3.63) is 94.6 Å². The number of ether oxygens (including phenoxy) is 2. The van der Waals surface area contributed by atoms with E-state index in [0.29, 0.717) is 52.3 Å². The Labute approximate surface area is 221 Å². The molecule has 196 valence electrons. The Bertz CT molecular complexity index is 1340. The predicted octanol–water partition coefficient (Wildman–Crippen LogP) is 6.40. The minimum absolute atomic E-state index is 0.0156. The van der Waals surface area contributed by atoms with E-state index >= 15 is 0 Å². The van der Waals surface area contributed by atoms with Gasteiger partial charge in [-0.2, -0.15) is 0 Å². The van der Waals surface area contributed by atoms with Gasteiger partial charge < -0.3 is 19.9 Å². The van der Waals surface area contributed by atoms with E-state index in [1.165, 1.54) is 4.90 Å². The van der Waals surface area contributed by atoms with Crippen molar-refractivity contribution < 1.29 is 29.0 Å². The first kappa shape index (κ1) is 26.5. The summed E-state index contributed by atoms with van der Waals surface area (Å²) in [6.07, 6.45) is 2.62. The number of nitrogens with zero attached hydrogens (tertiary/aromatic N) is 1. The number of carbonyl (C=O) groups excluding carboxylic acids is 2. The number of hydrogen-bond acceptors (Lipinski definition) is 5. The molecule has 1 aliphatic heterocycles. The molecule has 0 radical (unpaired) electrons. The molecule has 2 N–H and O–H groups in total. The summed E-state index contributed by atoms with van der Waals surface area (Å²) in [6, 6.07) is 18.0. The molecule has 8 heteroatoms. The summed E-state index contributed by atoms with van der Waals surface area (Å²) in [6.45, 7) is 3.80. The fourth-order valence-corrected chi connectivity index (χ4v) is 4.57. The lowest BCUT2D eigenvalue weighted by molar-refractivity contribution is -0.136. The van der Waals surface area contributed by atoms with Crippen LogP contribution < -0.4 is 15.0 Å². The second-order valence-electron chi connectivity index (χ2n) is 9.03. The van der Waals surface area contributed by atoms with Gasteiger partial charge in [-0.1, -0.05) is 48.0 Å². The van der Waals surface area contributed by atoms with Gasteiger partial charge in [0.05, 0.1) is 29.7 Å². The minimum atomic E-state index is -0.874. The summed E-state index contributed by atoms with van der Waals surface area (Å²) in [7, 11) is 1.54. The number of urea groups is 1. The molecule has 2 amide bonds. The Morgan fingerprint density at radius 1 is 1.05 bits per heavy atom. The first-order valence-corrected chi connectivity index (χ1v) is 12.3. The second kappa shape index (κ2) is 11.6. The van der Waals surface area contributed by atoms with Crippen LogP contribution >= 0.6 is 0 Å². The summed E-state index contributed by atoms with van der Waals surface area (Å²) < 4.78 is 11.1. The molecule has 0 atom stereocenters. The van der Waals surface area contributed by atoms with Gasteiger partial charge in [0.1, 0.15) is 12.4 Å². The number of methoxy groups -OCH3 is 1. The van der Waals surface area contributed by atoms with Crippen LogP contribution in [0.15, 0.2) is 72.3 Å². The summed E-state index contributed by atoms with van der Waals surface area (Å²) in [4.78, 5) is 39.4. The third-order valence-electron chi connectivity index (χ3n) is 6.53. The van der Waals surface area contributed by atoms with Crippen molar-refractivity contribution in [3.63, 3.8) is 0 Å². The van der Waals surface area contributed by atoms with Crippen LogP contribution in [-0.4, -0.2) is 30.2 Å². The highest BCUT2D eigenvalue weighted by molar-refractivity contribution is 6.11. The summed E-state index contributed by atoms with van der Waals surface area (Å²) in [5.74, 6) is -0.841. The third kappa shape index (κ3) is 5.54. The highest BCUT2D eigenvalue weighted by atomic mass is 16.5. The molecule has 3 aromatic carbocycles. The molecule has 0 fully saturated rings. The van der Waals surface area contributed by atoms with E-state index in [1.807, 2.05) is 80.6 Å². The summed E-state index contributed by atoms with van der Waals surface area (Å²) in [5.41, 5.74) is 4.87. The Hall–Kier alpha value is -4.59. The first-order chi connectivity index (χ1) is 18.3. The fourth-order valence-electron chi connectivity index (χ4n) is 4.57. The van der Waals surface area contributed by atoms with Gasteiger partial charge in [0.15, 0.2) is 0 Å². The Balaban J connectivity index is 1.81. The molecule has 3 aromatic rings. The van der Waals surface area contributed by atoms with Crippen LogP contribution in [0.3, 0.4) is 0 Å². The molecule has 0 saturated carbocycles. The number of hydrogen-bond donors (Lipinski definition) is 2. The topological polar surface area (TPSA) is 105 Å². The normalized spacial score (nSPS) is 12.5. The maximum absolute atomic E-state index is 13.9. The number of benzene rings is 3. The number of anilines is 3. The van der Waals surface area contributed by atoms with E-state index in [4.69, 9.17) is 14.6 Å². The van der Waals surface area contributed by atoms with E-state index < -0.39 is 18.0 Å². The first-order valence-electron chi connectivity index (χ1n) is 12.3. The molecule has 0 aromatic heterocycles. The monoisotopic (exact) mass is 514 g/mol. The van der Waals surface area contributed by atoms with Gasteiger partial charge in [-0.05, 0) is 56.5 Å². The lowest BCUT2D eigenvalue weighted by atomic mass is 9.93. The molecule has 0 saturated heterocycles. The van der Waals surface area contributed by atoms with Crippen molar-refractivity contribution in [2.75, 3.05) is 17.3 Å². The number of aliphatic carboxylic acids is 1. The summed E-state index contributed by atoms with van der Waals surface area (Å²) in [5, 5.41) is 12.0. The van der Waals surface area contributed by atoms with Crippen LogP contribution in [0.2, 0.25) is 0 Å². The SMILES string of the molecule is COc1c(C)c2c(c(NC(=O)N(c3ccccc3)c3ccccc3)c1C/C=C(\C)CCC(=O)O)C(=O)OC2. The number of nitrogens with one attached hydrogen (secondary N) is 1. The number of allylic oxidation sites excluding steroid dienone is 2. The number of rotatable bonds is 9. The van der Waals surface area contributed by atoms with Crippen molar-refractivity contribution in [1.29, 1.82) is 0 Å². The quantitative estimate of drug-likeness (QED) is 0.253. The molecule has 0 aliphatic carbocycles. The number of carboxylic acid groups (broad SMARTS) is 1. The minimum Gasteiger partial charge on any atom is -0.496 e. The highest BCUT2D eigenvalue weighted by Crippen LogP contribution is 2.42. The number of esters is 1. The van der Waals surface area contributed by atoms with Gasteiger partial charge >= 0.3 is 18.0 Å². The van der Waals surface area contributed by atoms with E-state index in [9.17, 15) is 14.4 Å². The average Bonchev–Trinajstić information content (AvgIpc) is 3.31. The zero-order chi connectivity index (χ0) is 27.2. The van der Waals surface area contributed by atoms with Crippen LogP contribution in [0.25, 0.3) is 0 Å². The smallest absolute Gasteiger partial charge is 0.341 e. The lowest BCUT2D eigenvalue weighted by Gasteiger charge is -2.26. The number of carboxylic acids is 1.